The Bertz CT molecular complexity index is 1430. The summed E-state index contributed by atoms with van der Waals surface area (Å²) < 4.78 is 43.0. The molecular formula is C40H62N2O11. The van der Waals surface area contributed by atoms with Crippen molar-refractivity contribution in [3.63, 3.8) is 0 Å². The molecule has 0 aromatic heterocycles. The number of nitrogens with zero attached hydrogens (tertiary/aromatic N) is 2. The van der Waals surface area contributed by atoms with Crippen LogP contribution in [0.25, 0.3) is 0 Å². The summed E-state index contributed by atoms with van der Waals surface area (Å²) in [6.07, 6.45) is 1.12. The van der Waals surface area contributed by atoms with Gasteiger partial charge in [0.15, 0.2) is 12.4 Å². The molecule has 0 bridgehead atoms. The van der Waals surface area contributed by atoms with E-state index in [4.69, 9.17) is 33.2 Å². The lowest BCUT2D eigenvalue weighted by Gasteiger charge is -2.48. The second kappa shape index (κ2) is 19.3. The van der Waals surface area contributed by atoms with E-state index in [1.54, 1.807) is 65.1 Å². The molecule has 9 atom stereocenters. The zero-order valence-electron chi connectivity index (χ0n) is 33.6. The van der Waals surface area contributed by atoms with Crippen LogP contribution in [0.2, 0.25) is 0 Å². The van der Waals surface area contributed by atoms with Crippen LogP contribution in [0.4, 0.5) is 0 Å². The van der Waals surface area contributed by atoms with Gasteiger partial charge >= 0.3 is 17.9 Å². The maximum atomic E-state index is 13.5. The smallest absolute Gasteiger partial charge is 0.340 e. The molecule has 0 aliphatic carbocycles. The summed E-state index contributed by atoms with van der Waals surface area (Å²) in [5.41, 5.74) is -0.308. The van der Waals surface area contributed by atoms with Gasteiger partial charge in [0, 0.05) is 39.5 Å². The predicted molar refractivity (Wildman–Crippen MR) is 199 cm³/mol. The lowest BCUT2D eigenvalue weighted by atomic mass is 9.80. The number of esters is 3. The Hall–Kier alpha value is -3.33. The second-order valence-electron chi connectivity index (χ2n) is 15.2. The van der Waals surface area contributed by atoms with Gasteiger partial charge in [-0.25, -0.2) is 14.4 Å². The van der Waals surface area contributed by atoms with Crippen molar-refractivity contribution in [1.82, 2.24) is 9.80 Å². The van der Waals surface area contributed by atoms with Crippen molar-refractivity contribution in [1.29, 1.82) is 0 Å². The standard InChI is InChI=1S/C40H62N2O11/c1-13-48-32(44)20-19-30(24-43)42(11)23-25(2)22-40(8,47-12)35(27(4)33-28(5)36(45)53-39(6,7)52-33)51-38-34(31(41(9)10)21-26(3)49-38)50-37(46)29-17-15-14-16-18-29/h14-20,25-27,30-31,34-35,38,43H,13,21-24H2,1-12H3/b20-19+/t25-,26?,27+,30?,31?,34?,35-,38?,40?/m1/s1. The van der Waals surface area contributed by atoms with Crippen molar-refractivity contribution in [3.05, 3.63) is 59.4 Å². The number of hydrogen-bond acceptors (Lipinski definition) is 13. The van der Waals surface area contributed by atoms with Crippen molar-refractivity contribution in [2.75, 3.05) is 48.0 Å². The average Bonchev–Trinajstić information content (AvgIpc) is 3.09. The third kappa shape index (κ3) is 11.8. The molecule has 0 amide bonds. The zero-order valence-corrected chi connectivity index (χ0v) is 33.6. The molecule has 298 valence electrons. The fourth-order valence-electron chi connectivity index (χ4n) is 7.23. The molecule has 6 unspecified atom stereocenters. The van der Waals surface area contributed by atoms with Gasteiger partial charge in [0.2, 0.25) is 5.79 Å². The topological polar surface area (TPSA) is 143 Å². The highest BCUT2D eigenvalue weighted by atomic mass is 16.7. The number of methoxy groups -OCH3 is 1. The molecular weight excluding hydrogens is 684 g/mol. The van der Waals surface area contributed by atoms with Gasteiger partial charge in [-0.3, -0.25) is 4.90 Å². The monoisotopic (exact) mass is 746 g/mol. The van der Waals surface area contributed by atoms with E-state index in [0.717, 1.165) is 0 Å². The lowest BCUT2D eigenvalue weighted by molar-refractivity contribution is -0.298. The van der Waals surface area contributed by atoms with Gasteiger partial charge in [-0.15, -0.1) is 0 Å². The van der Waals surface area contributed by atoms with E-state index in [1.807, 2.05) is 57.8 Å². The highest BCUT2D eigenvalue weighted by molar-refractivity contribution is 5.90. The van der Waals surface area contributed by atoms with E-state index in [2.05, 4.69) is 6.92 Å². The quantitative estimate of drug-likeness (QED) is 0.126. The van der Waals surface area contributed by atoms with Crippen molar-refractivity contribution in [2.45, 2.75) is 116 Å². The van der Waals surface area contributed by atoms with E-state index < -0.39 is 59.8 Å². The van der Waals surface area contributed by atoms with E-state index in [0.29, 0.717) is 36.3 Å². The van der Waals surface area contributed by atoms with Gasteiger partial charge in [-0.05, 0) is 79.7 Å². The lowest BCUT2D eigenvalue weighted by Crippen LogP contribution is -2.59. The summed E-state index contributed by atoms with van der Waals surface area (Å²) >= 11 is 0. The molecule has 0 saturated carbocycles. The predicted octanol–water partition coefficient (Wildman–Crippen LogP) is 4.73. The van der Waals surface area contributed by atoms with Crippen LogP contribution in [-0.2, 0) is 42.7 Å². The molecule has 1 aromatic rings. The normalized spacial score (nSPS) is 25.3. The molecule has 0 radical (unpaired) electrons. The Kier molecular flexibility index (Phi) is 16.1. The average molecular weight is 747 g/mol. The third-order valence-electron chi connectivity index (χ3n) is 9.94. The fourth-order valence-corrected chi connectivity index (χ4v) is 7.23. The number of aliphatic hydroxyl groups is 1. The van der Waals surface area contributed by atoms with Crippen LogP contribution >= 0.6 is 0 Å². The summed E-state index contributed by atoms with van der Waals surface area (Å²) in [7, 11) is 7.34. The van der Waals surface area contributed by atoms with Gasteiger partial charge < -0.3 is 43.2 Å². The van der Waals surface area contributed by atoms with Crippen LogP contribution < -0.4 is 0 Å². The Morgan fingerprint density at radius 3 is 2.38 bits per heavy atom. The molecule has 2 heterocycles. The van der Waals surface area contributed by atoms with Gasteiger partial charge in [-0.1, -0.05) is 38.1 Å². The van der Waals surface area contributed by atoms with Crippen LogP contribution in [0.5, 0.6) is 0 Å². The minimum atomic E-state index is -1.22. The second-order valence-corrected chi connectivity index (χ2v) is 15.2. The molecule has 13 nitrogen and oxygen atoms in total. The SMILES string of the molecule is CCOC(=O)/C=C/C(CO)N(C)C[C@H](C)CC(C)(OC)[C@H](OC1OC(C)CC(N(C)C)C1OC(=O)c1ccccc1)[C@@H](C)C1=C(C)C(=O)OC(C)(C)O1. The molecule has 1 fully saturated rings. The number of cyclic esters (lactones) is 1. The molecule has 0 spiro atoms. The number of carbonyl (C=O) groups excluding carboxylic acids is 3. The molecule has 3 rings (SSSR count). The van der Waals surface area contributed by atoms with Crippen LogP contribution in [0, 0.1) is 11.8 Å². The van der Waals surface area contributed by atoms with E-state index in [-0.39, 0.29) is 31.3 Å². The number of hydrogen-bond donors (Lipinski definition) is 1. The van der Waals surface area contributed by atoms with Gasteiger partial charge in [0.25, 0.3) is 0 Å². The minimum absolute atomic E-state index is 0.0375. The summed E-state index contributed by atoms with van der Waals surface area (Å²) in [5, 5.41) is 10.1. The molecule has 2 aliphatic rings. The minimum Gasteiger partial charge on any atom is -0.463 e. The Morgan fingerprint density at radius 2 is 1.79 bits per heavy atom. The first kappa shape index (κ1) is 44.1. The fraction of sp³-hybridized carbons (Fsp3) is 0.675. The Balaban J connectivity index is 2.04. The number of carbonyl (C=O) groups is 3. The van der Waals surface area contributed by atoms with Crippen LogP contribution in [0.15, 0.2) is 53.8 Å². The van der Waals surface area contributed by atoms with Crippen molar-refractivity contribution < 1.29 is 52.6 Å². The molecule has 53 heavy (non-hydrogen) atoms. The molecule has 2 aliphatic heterocycles. The van der Waals surface area contributed by atoms with Crippen molar-refractivity contribution >= 4 is 17.9 Å². The number of likely N-dealkylation sites (N-methyl/N-ethyl adjacent to an activating group) is 2. The van der Waals surface area contributed by atoms with E-state index in [1.165, 1.54) is 6.08 Å². The molecule has 13 heteroatoms. The van der Waals surface area contributed by atoms with Gasteiger partial charge in [0.05, 0.1) is 54.2 Å². The van der Waals surface area contributed by atoms with Gasteiger partial charge in [0.1, 0.15) is 5.76 Å². The summed E-state index contributed by atoms with van der Waals surface area (Å²) in [6.45, 7) is 15.2. The Morgan fingerprint density at radius 1 is 1.13 bits per heavy atom. The largest absolute Gasteiger partial charge is 0.463 e. The van der Waals surface area contributed by atoms with E-state index in [9.17, 15) is 19.5 Å². The maximum Gasteiger partial charge on any atom is 0.340 e. The van der Waals surface area contributed by atoms with Crippen LogP contribution in [0.1, 0.15) is 78.6 Å². The van der Waals surface area contributed by atoms with Crippen molar-refractivity contribution in [2.24, 2.45) is 11.8 Å². The first-order valence-electron chi connectivity index (χ1n) is 18.4. The Labute approximate surface area is 315 Å². The summed E-state index contributed by atoms with van der Waals surface area (Å²) in [5.74, 6) is -2.90. The van der Waals surface area contributed by atoms with Gasteiger partial charge in [-0.2, -0.15) is 0 Å². The zero-order chi connectivity index (χ0) is 39.7. The highest BCUT2D eigenvalue weighted by Crippen LogP contribution is 2.41. The summed E-state index contributed by atoms with van der Waals surface area (Å²) in [6, 6.07) is 8.11. The molecule has 1 aromatic carbocycles. The van der Waals surface area contributed by atoms with Crippen LogP contribution in [-0.4, -0.2) is 129 Å². The first-order chi connectivity index (χ1) is 24.9. The number of rotatable bonds is 18. The maximum absolute atomic E-state index is 13.5. The molecule has 1 N–H and O–H groups in total. The van der Waals surface area contributed by atoms with Crippen molar-refractivity contribution in [3.8, 4) is 0 Å². The molecule has 1 saturated heterocycles. The van der Waals surface area contributed by atoms with E-state index >= 15 is 0 Å². The summed E-state index contributed by atoms with van der Waals surface area (Å²) in [4.78, 5) is 42.5. The first-order valence-corrected chi connectivity index (χ1v) is 18.4. The number of ether oxygens (including phenoxy) is 7. The number of aliphatic hydroxyl groups excluding tert-OH is 1. The highest BCUT2D eigenvalue weighted by Gasteiger charge is 2.50. The number of benzene rings is 1. The third-order valence-corrected chi connectivity index (χ3v) is 9.94. The van der Waals surface area contributed by atoms with Crippen LogP contribution in [0.3, 0.4) is 0 Å².